The van der Waals surface area contributed by atoms with Crippen molar-refractivity contribution >= 4 is 5.97 Å². The molecule has 1 atom stereocenters. The minimum Gasteiger partial charge on any atom is -0.493 e. The van der Waals surface area contributed by atoms with Crippen LogP contribution < -0.4 is 14.9 Å². The summed E-state index contributed by atoms with van der Waals surface area (Å²) in [5, 5.41) is 18.4. The van der Waals surface area contributed by atoms with Crippen molar-refractivity contribution in [1.29, 1.82) is 0 Å². The fourth-order valence-electron chi connectivity index (χ4n) is 4.07. The number of unbranched alkanes of at least 4 members (excludes halogenated alkanes) is 2. The summed E-state index contributed by atoms with van der Waals surface area (Å²) in [6.07, 6.45) is 4.62. The maximum absolute atomic E-state index is 12.5. The van der Waals surface area contributed by atoms with Crippen molar-refractivity contribution in [3.05, 3.63) is 45.7 Å². The van der Waals surface area contributed by atoms with Gasteiger partial charge in [0.05, 0.1) is 19.4 Å². The Morgan fingerprint density at radius 1 is 1.16 bits per heavy atom. The van der Waals surface area contributed by atoms with Crippen molar-refractivity contribution in [2.24, 2.45) is 5.41 Å². The molecule has 1 aromatic carbocycles. The standard InChI is InChI=1S/C24H31NO6/c1-24(2,3)22-11-15-10-21(31-9-7-5-6-8-26)20(30-4)12-16(15)18-13-19(27)17(23(28)29)14-25(18)22/h10,12-14,22,26H,5-9,11H2,1-4H3,(H,28,29)/t22-/m1/s1. The van der Waals surface area contributed by atoms with Crippen LogP contribution in [0, 0.1) is 5.41 Å². The van der Waals surface area contributed by atoms with Crippen LogP contribution >= 0.6 is 0 Å². The first-order chi connectivity index (χ1) is 14.7. The number of hydrogen-bond acceptors (Lipinski definition) is 5. The van der Waals surface area contributed by atoms with E-state index in [9.17, 15) is 14.7 Å². The number of ether oxygens (including phenoxy) is 2. The van der Waals surface area contributed by atoms with Gasteiger partial charge in [0.25, 0.3) is 0 Å². The van der Waals surface area contributed by atoms with Gasteiger partial charge < -0.3 is 24.3 Å². The molecule has 1 aliphatic rings. The lowest BCUT2D eigenvalue weighted by Gasteiger charge is -2.39. The minimum absolute atomic E-state index is 0.0282. The van der Waals surface area contributed by atoms with E-state index in [1.54, 1.807) is 7.11 Å². The van der Waals surface area contributed by atoms with E-state index in [0.29, 0.717) is 30.2 Å². The average Bonchev–Trinajstić information content (AvgIpc) is 2.71. The summed E-state index contributed by atoms with van der Waals surface area (Å²) in [5.74, 6) is -0.00595. The van der Waals surface area contributed by atoms with Gasteiger partial charge in [-0.15, -0.1) is 0 Å². The predicted octanol–water partition coefficient (Wildman–Crippen LogP) is 3.91. The van der Waals surface area contributed by atoms with Crippen molar-refractivity contribution in [3.8, 4) is 22.8 Å². The molecule has 1 aliphatic heterocycles. The third kappa shape index (κ3) is 4.77. The lowest BCUT2D eigenvalue weighted by atomic mass is 9.78. The number of carboxylic acids is 1. The van der Waals surface area contributed by atoms with Crippen LogP contribution in [0.1, 0.15) is 62.0 Å². The first kappa shape index (κ1) is 22.9. The highest BCUT2D eigenvalue weighted by molar-refractivity contribution is 5.88. The quantitative estimate of drug-likeness (QED) is 0.618. The number of nitrogens with zero attached hydrogens (tertiary/aromatic N) is 1. The van der Waals surface area contributed by atoms with Crippen LogP contribution in [0.5, 0.6) is 11.5 Å². The van der Waals surface area contributed by atoms with Crippen LogP contribution in [-0.2, 0) is 6.42 Å². The maximum atomic E-state index is 12.5. The first-order valence-corrected chi connectivity index (χ1v) is 10.6. The number of rotatable bonds is 8. The number of carbonyl (C=O) groups is 1. The summed E-state index contributed by atoms with van der Waals surface area (Å²) in [6, 6.07) is 5.22. The smallest absolute Gasteiger partial charge is 0.341 e. The number of aromatic carboxylic acids is 1. The molecule has 0 fully saturated rings. The minimum atomic E-state index is -1.22. The van der Waals surface area contributed by atoms with E-state index in [4.69, 9.17) is 14.6 Å². The topological polar surface area (TPSA) is 98.0 Å². The first-order valence-electron chi connectivity index (χ1n) is 10.6. The summed E-state index contributed by atoms with van der Waals surface area (Å²) >= 11 is 0. The van der Waals surface area contributed by atoms with Crippen LogP contribution in [-0.4, -0.2) is 41.1 Å². The highest BCUT2D eigenvalue weighted by Gasteiger charge is 2.34. The Labute approximate surface area is 182 Å². The van der Waals surface area contributed by atoms with Crippen LogP contribution in [0.3, 0.4) is 0 Å². The molecular weight excluding hydrogens is 398 g/mol. The Kier molecular flexibility index (Phi) is 6.74. The zero-order chi connectivity index (χ0) is 22.8. The molecule has 2 heterocycles. The Balaban J connectivity index is 2.07. The second-order valence-corrected chi connectivity index (χ2v) is 9.03. The third-order valence-corrected chi connectivity index (χ3v) is 5.78. The zero-order valence-corrected chi connectivity index (χ0v) is 18.6. The van der Waals surface area contributed by atoms with E-state index >= 15 is 0 Å². The summed E-state index contributed by atoms with van der Waals surface area (Å²) in [4.78, 5) is 24.0. The van der Waals surface area contributed by atoms with E-state index in [1.165, 1.54) is 12.3 Å². The Morgan fingerprint density at radius 3 is 2.52 bits per heavy atom. The molecule has 2 N–H and O–H groups in total. The molecule has 3 rings (SSSR count). The van der Waals surface area contributed by atoms with Crippen LogP contribution in [0.4, 0.5) is 0 Å². The second-order valence-electron chi connectivity index (χ2n) is 9.03. The van der Waals surface area contributed by atoms with Gasteiger partial charge in [0, 0.05) is 30.5 Å². The monoisotopic (exact) mass is 429 g/mol. The number of aliphatic hydroxyl groups excluding tert-OH is 1. The van der Waals surface area contributed by atoms with Gasteiger partial charge >= 0.3 is 5.97 Å². The summed E-state index contributed by atoms with van der Waals surface area (Å²) in [7, 11) is 1.57. The largest absolute Gasteiger partial charge is 0.493 e. The number of aromatic nitrogens is 1. The summed E-state index contributed by atoms with van der Waals surface area (Å²) in [5.41, 5.74) is 1.66. The van der Waals surface area contributed by atoms with Gasteiger partial charge in [-0.25, -0.2) is 4.79 Å². The number of benzene rings is 1. The van der Waals surface area contributed by atoms with Gasteiger partial charge in [0.1, 0.15) is 5.56 Å². The average molecular weight is 430 g/mol. The van der Waals surface area contributed by atoms with Gasteiger partial charge in [-0.1, -0.05) is 20.8 Å². The molecule has 2 aromatic rings. The molecule has 0 saturated heterocycles. The third-order valence-electron chi connectivity index (χ3n) is 5.78. The highest BCUT2D eigenvalue weighted by Crippen LogP contribution is 2.45. The molecule has 0 radical (unpaired) electrons. The van der Waals surface area contributed by atoms with E-state index in [-0.39, 0.29) is 23.6 Å². The predicted molar refractivity (Wildman–Crippen MR) is 118 cm³/mol. The van der Waals surface area contributed by atoms with Gasteiger partial charge in [-0.2, -0.15) is 0 Å². The number of pyridine rings is 1. The van der Waals surface area contributed by atoms with Gasteiger partial charge in [0.15, 0.2) is 16.9 Å². The van der Waals surface area contributed by atoms with Crippen molar-refractivity contribution in [2.45, 2.75) is 52.5 Å². The Bertz CT molecular complexity index is 1020. The van der Waals surface area contributed by atoms with Gasteiger partial charge in [0.2, 0.25) is 0 Å². The SMILES string of the molecule is COc1cc2c(cc1OCCCCCO)C[C@H](C(C)(C)C)n1cc(C(=O)O)c(=O)cc1-2. The summed E-state index contributed by atoms with van der Waals surface area (Å²) in [6.45, 7) is 7.02. The van der Waals surface area contributed by atoms with Gasteiger partial charge in [-0.05, 0) is 48.8 Å². The number of aliphatic hydroxyl groups is 1. The molecule has 31 heavy (non-hydrogen) atoms. The molecule has 7 heteroatoms. The second kappa shape index (κ2) is 9.14. The number of fused-ring (bicyclic) bond motifs is 3. The Hall–Kier alpha value is -2.80. The normalized spacial score (nSPS) is 15.2. The molecule has 0 aliphatic carbocycles. The van der Waals surface area contributed by atoms with E-state index in [1.807, 2.05) is 16.7 Å². The fourth-order valence-corrected chi connectivity index (χ4v) is 4.07. The molecular formula is C24H31NO6. The maximum Gasteiger partial charge on any atom is 0.341 e. The van der Waals surface area contributed by atoms with E-state index in [2.05, 4.69) is 20.8 Å². The Morgan fingerprint density at radius 2 is 1.90 bits per heavy atom. The summed E-state index contributed by atoms with van der Waals surface area (Å²) < 4.78 is 13.4. The molecule has 168 valence electrons. The molecule has 0 amide bonds. The van der Waals surface area contributed by atoms with Crippen molar-refractivity contribution in [1.82, 2.24) is 4.57 Å². The number of hydrogen-bond donors (Lipinski definition) is 2. The zero-order valence-electron chi connectivity index (χ0n) is 18.6. The van der Waals surface area contributed by atoms with Crippen molar-refractivity contribution in [2.75, 3.05) is 20.3 Å². The fraction of sp³-hybridized carbons (Fsp3) is 0.500. The van der Waals surface area contributed by atoms with Crippen LogP contribution in [0.2, 0.25) is 0 Å². The lowest BCUT2D eigenvalue weighted by molar-refractivity contribution is 0.0693. The van der Waals surface area contributed by atoms with Crippen molar-refractivity contribution in [3.63, 3.8) is 0 Å². The molecule has 1 aromatic heterocycles. The number of carboxylic acid groups (broad SMARTS) is 1. The molecule has 0 unspecified atom stereocenters. The number of methoxy groups -OCH3 is 1. The molecule has 0 saturated carbocycles. The lowest BCUT2D eigenvalue weighted by Crippen LogP contribution is -2.32. The van der Waals surface area contributed by atoms with Crippen LogP contribution in [0.25, 0.3) is 11.3 Å². The van der Waals surface area contributed by atoms with Gasteiger partial charge in [-0.3, -0.25) is 4.79 Å². The molecule has 7 nitrogen and oxygen atoms in total. The highest BCUT2D eigenvalue weighted by atomic mass is 16.5. The molecule has 0 spiro atoms. The molecule has 0 bridgehead atoms. The van der Waals surface area contributed by atoms with Crippen LogP contribution in [0.15, 0.2) is 29.2 Å². The van der Waals surface area contributed by atoms with E-state index < -0.39 is 11.4 Å². The van der Waals surface area contributed by atoms with Crippen molar-refractivity contribution < 1.29 is 24.5 Å². The van der Waals surface area contributed by atoms with E-state index in [0.717, 1.165) is 30.4 Å².